The van der Waals surface area contributed by atoms with Gasteiger partial charge in [-0.15, -0.1) is 0 Å². The molecule has 10 heteroatoms. The number of ether oxygens (including phenoxy) is 2. The van der Waals surface area contributed by atoms with Crippen LogP contribution in [0.25, 0.3) is 0 Å². The Kier molecular flexibility index (Phi) is 7.85. The van der Waals surface area contributed by atoms with Crippen LogP contribution >= 0.6 is 0 Å². The van der Waals surface area contributed by atoms with Crippen molar-refractivity contribution in [1.82, 2.24) is 15.1 Å². The molecule has 0 spiro atoms. The van der Waals surface area contributed by atoms with Crippen LogP contribution in [0.3, 0.4) is 0 Å². The van der Waals surface area contributed by atoms with Gasteiger partial charge in [-0.25, -0.2) is 14.4 Å². The molecule has 3 amide bonds. The molecule has 1 aromatic carbocycles. The van der Waals surface area contributed by atoms with E-state index in [1.54, 1.807) is 46.4 Å². The van der Waals surface area contributed by atoms with Crippen molar-refractivity contribution < 1.29 is 33.8 Å². The number of nitrogens with zero attached hydrogens (tertiary/aromatic N) is 2. The first-order valence-electron chi connectivity index (χ1n) is 12.2. The van der Waals surface area contributed by atoms with Crippen LogP contribution in [0.4, 0.5) is 9.59 Å². The van der Waals surface area contributed by atoms with Crippen molar-refractivity contribution in [1.29, 1.82) is 0 Å². The highest BCUT2D eigenvalue weighted by Crippen LogP contribution is 2.28. The molecule has 198 valence electrons. The fourth-order valence-corrected chi connectivity index (χ4v) is 4.47. The molecular formula is C26H37N3O7. The number of carboxylic acids is 1. The lowest BCUT2D eigenvalue weighted by atomic mass is 9.85. The highest BCUT2D eigenvalue weighted by atomic mass is 16.6. The number of carbonyl (C=O) groups excluding carboxylic acids is 3. The Labute approximate surface area is 211 Å². The molecule has 0 aliphatic carbocycles. The number of aliphatic carboxylic acids is 1. The molecule has 2 aliphatic rings. The van der Waals surface area contributed by atoms with E-state index < -0.39 is 53.3 Å². The summed E-state index contributed by atoms with van der Waals surface area (Å²) in [5, 5.41) is 12.4. The lowest BCUT2D eigenvalue weighted by molar-refractivity contribution is -0.150. The lowest BCUT2D eigenvalue weighted by Gasteiger charge is -2.35. The summed E-state index contributed by atoms with van der Waals surface area (Å²) in [6, 6.07) is 5.67. The summed E-state index contributed by atoms with van der Waals surface area (Å²) in [7, 11) is 0. The van der Waals surface area contributed by atoms with E-state index in [1.165, 1.54) is 10.5 Å². The predicted molar refractivity (Wildman–Crippen MR) is 131 cm³/mol. The maximum absolute atomic E-state index is 13.5. The second kappa shape index (κ2) is 10.4. The Hall–Kier alpha value is -3.30. The monoisotopic (exact) mass is 503 g/mol. The summed E-state index contributed by atoms with van der Waals surface area (Å²) in [5.41, 5.74) is 0.748. The zero-order valence-corrected chi connectivity index (χ0v) is 21.9. The maximum atomic E-state index is 13.5. The Balaban J connectivity index is 1.70. The molecule has 2 heterocycles. The van der Waals surface area contributed by atoms with Gasteiger partial charge in [-0.05, 0) is 43.7 Å². The van der Waals surface area contributed by atoms with Crippen LogP contribution < -0.4 is 5.32 Å². The van der Waals surface area contributed by atoms with Crippen LogP contribution in [0.5, 0.6) is 0 Å². The van der Waals surface area contributed by atoms with Gasteiger partial charge < -0.3 is 29.7 Å². The lowest BCUT2D eigenvalue weighted by Crippen LogP contribution is -2.57. The molecule has 0 aromatic heterocycles. The maximum Gasteiger partial charge on any atom is 0.410 e. The van der Waals surface area contributed by atoms with Gasteiger partial charge in [-0.3, -0.25) is 4.79 Å². The van der Waals surface area contributed by atoms with Gasteiger partial charge in [0.1, 0.15) is 23.8 Å². The predicted octanol–water partition coefficient (Wildman–Crippen LogP) is 3.17. The molecular weight excluding hydrogens is 466 g/mol. The molecule has 0 unspecified atom stereocenters. The molecule has 1 aromatic rings. The molecule has 0 saturated carbocycles. The van der Waals surface area contributed by atoms with E-state index in [0.717, 1.165) is 5.56 Å². The third-order valence-electron chi connectivity index (χ3n) is 6.26. The number of carboxylic acid groups (broad SMARTS) is 1. The molecule has 2 N–H and O–H groups in total. The summed E-state index contributed by atoms with van der Waals surface area (Å²) in [4.78, 5) is 53.6. The average Bonchev–Trinajstić information content (AvgIpc) is 3.19. The summed E-state index contributed by atoms with van der Waals surface area (Å²) in [6.07, 6.45) is -1.40. The summed E-state index contributed by atoms with van der Waals surface area (Å²) in [6.45, 7) is 11.3. The van der Waals surface area contributed by atoms with E-state index in [-0.39, 0.29) is 13.0 Å². The minimum absolute atomic E-state index is 0.0272. The second-order valence-electron chi connectivity index (χ2n) is 11.5. The average molecular weight is 504 g/mol. The molecule has 1 saturated heterocycles. The van der Waals surface area contributed by atoms with E-state index in [2.05, 4.69) is 5.32 Å². The number of carbonyl (C=O) groups is 4. The minimum Gasteiger partial charge on any atom is -0.480 e. The Morgan fingerprint density at radius 1 is 1.06 bits per heavy atom. The number of likely N-dealkylation sites (tertiary alicyclic amines) is 1. The zero-order valence-electron chi connectivity index (χ0n) is 21.9. The first-order valence-corrected chi connectivity index (χ1v) is 12.2. The third-order valence-corrected chi connectivity index (χ3v) is 6.26. The van der Waals surface area contributed by atoms with E-state index in [0.29, 0.717) is 19.5 Å². The number of alkyl carbamates (subject to hydrolysis) is 1. The SMILES string of the molecule is CC(C)(C)OC(=O)N[C@H](C(=O)N1C[C@H](OC(=O)N2CCc3ccccc3C2)C[C@H]1C(=O)O)C(C)(C)C. The first kappa shape index (κ1) is 27.3. The van der Waals surface area contributed by atoms with Crippen LogP contribution in [0, 0.1) is 5.41 Å². The van der Waals surface area contributed by atoms with Gasteiger partial charge in [0, 0.05) is 19.5 Å². The van der Waals surface area contributed by atoms with Gasteiger partial charge in [0.2, 0.25) is 5.91 Å². The molecule has 0 bridgehead atoms. The van der Waals surface area contributed by atoms with Gasteiger partial charge >= 0.3 is 18.2 Å². The van der Waals surface area contributed by atoms with Crippen molar-refractivity contribution in [2.24, 2.45) is 5.41 Å². The number of rotatable bonds is 4. The van der Waals surface area contributed by atoms with Crippen molar-refractivity contribution in [3.63, 3.8) is 0 Å². The molecule has 36 heavy (non-hydrogen) atoms. The number of hydrogen-bond donors (Lipinski definition) is 2. The number of hydrogen-bond acceptors (Lipinski definition) is 6. The number of benzene rings is 1. The third kappa shape index (κ3) is 6.67. The van der Waals surface area contributed by atoms with Crippen molar-refractivity contribution in [2.45, 2.75) is 84.7 Å². The highest BCUT2D eigenvalue weighted by molar-refractivity contribution is 5.90. The quantitative estimate of drug-likeness (QED) is 0.646. The molecule has 3 atom stereocenters. The zero-order chi connectivity index (χ0) is 26.8. The van der Waals surface area contributed by atoms with Gasteiger partial charge in [0.05, 0.1) is 6.54 Å². The van der Waals surface area contributed by atoms with Gasteiger partial charge in [-0.2, -0.15) is 0 Å². The fourth-order valence-electron chi connectivity index (χ4n) is 4.47. The minimum atomic E-state index is -1.20. The van der Waals surface area contributed by atoms with Crippen LogP contribution in [0.15, 0.2) is 24.3 Å². The van der Waals surface area contributed by atoms with Gasteiger partial charge in [-0.1, -0.05) is 45.0 Å². The standard InChI is InChI=1S/C26H37N3O7/c1-25(2,3)20(27-23(33)36-26(4,5)6)21(30)29-15-18(13-19(29)22(31)32)35-24(34)28-12-11-16-9-7-8-10-17(16)14-28/h7-10,18-20H,11-15H2,1-6H3,(H,27,33)(H,31,32)/t18-,19+,20-/m1/s1. The summed E-state index contributed by atoms with van der Waals surface area (Å²) < 4.78 is 11.0. The molecule has 2 aliphatic heterocycles. The Bertz CT molecular complexity index is 1010. The van der Waals surface area contributed by atoms with E-state index in [4.69, 9.17) is 9.47 Å². The Morgan fingerprint density at radius 3 is 2.28 bits per heavy atom. The van der Waals surface area contributed by atoms with Crippen LogP contribution in [0.1, 0.15) is 59.1 Å². The highest BCUT2D eigenvalue weighted by Gasteiger charge is 2.46. The van der Waals surface area contributed by atoms with Crippen LogP contribution in [0.2, 0.25) is 0 Å². The summed E-state index contributed by atoms with van der Waals surface area (Å²) in [5.74, 6) is -1.76. The topological polar surface area (TPSA) is 125 Å². The fraction of sp³-hybridized carbons (Fsp3) is 0.615. The number of fused-ring (bicyclic) bond motifs is 1. The number of nitrogens with one attached hydrogen (secondary N) is 1. The van der Waals surface area contributed by atoms with E-state index >= 15 is 0 Å². The normalized spacial score (nSPS) is 20.8. The van der Waals surface area contributed by atoms with Crippen LogP contribution in [-0.4, -0.2) is 75.8 Å². The largest absolute Gasteiger partial charge is 0.480 e. The van der Waals surface area contributed by atoms with Crippen molar-refractivity contribution in [2.75, 3.05) is 13.1 Å². The first-order chi connectivity index (χ1) is 16.7. The number of amides is 3. The second-order valence-corrected chi connectivity index (χ2v) is 11.5. The van der Waals surface area contributed by atoms with E-state index in [1.807, 2.05) is 24.3 Å². The van der Waals surface area contributed by atoms with Crippen molar-refractivity contribution in [3.8, 4) is 0 Å². The molecule has 10 nitrogen and oxygen atoms in total. The van der Waals surface area contributed by atoms with Gasteiger partial charge in [0.15, 0.2) is 0 Å². The summed E-state index contributed by atoms with van der Waals surface area (Å²) >= 11 is 0. The molecule has 3 rings (SSSR count). The van der Waals surface area contributed by atoms with Crippen LogP contribution in [-0.2, 0) is 32.0 Å². The van der Waals surface area contributed by atoms with E-state index in [9.17, 15) is 24.3 Å². The molecule has 0 radical (unpaired) electrons. The van der Waals surface area contributed by atoms with Crippen molar-refractivity contribution in [3.05, 3.63) is 35.4 Å². The smallest absolute Gasteiger partial charge is 0.410 e. The molecule has 1 fully saturated rings. The Morgan fingerprint density at radius 2 is 1.69 bits per heavy atom. The van der Waals surface area contributed by atoms with Gasteiger partial charge in [0.25, 0.3) is 0 Å². The van der Waals surface area contributed by atoms with Crippen molar-refractivity contribution >= 4 is 24.1 Å².